The Bertz CT molecular complexity index is 386. The quantitative estimate of drug-likeness (QED) is 0.813. The van der Waals surface area contributed by atoms with E-state index in [9.17, 15) is 4.79 Å². The van der Waals surface area contributed by atoms with Crippen LogP contribution in [0.4, 0.5) is 5.69 Å². The molecule has 0 radical (unpaired) electrons. The van der Waals surface area contributed by atoms with E-state index in [2.05, 4.69) is 11.8 Å². The molecule has 1 aliphatic rings. The minimum absolute atomic E-state index is 0.00300. The highest BCUT2D eigenvalue weighted by Gasteiger charge is 2.18. The van der Waals surface area contributed by atoms with E-state index >= 15 is 0 Å². The fourth-order valence-electron chi connectivity index (χ4n) is 2.44. The van der Waals surface area contributed by atoms with Crippen molar-refractivity contribution in [3.8, 4) is 0 Å². The van der Waals surface area contributed by atoms with Crippen molar-refractivity contribution in [2.75, 3.05) is 18.0 Å². The van der Waals surface area contributed by atoms with E-state index in [1.54, 1.807) is 0 Å². The van der Waals surface area contributed by atoms with E-state index in [1.165, 1.54) is 24.9 Å². The maximum absolute atomic E-state index is 11.4. The molecule has 0 spiro atoms. The van der Waals surface area contributed by atoms with Crippen molar-refractivity contribution in [1.82, 2.24) is 0 Å². The van der Waals surface area contributed by atoms with Gasteiger partial charge in [-0.25, -0.2) is 0 Å². The van der Waals surface area contributed by atoms with Gasteiger partial charge in [0.1, 0.15) is 0 Å². The summed E-state index contributed by atoms with van der Waals surface area (Å²) in [7, 11) is 0. The summed E-state index contributed by atoms with van der Waals surface area (Å²) >= 11 is 0. The fourth-order valence-corrected chi connectivity index (χ4v) is 2.44. The largest absolute Gasteiger partial charge is 0.369 e. The van der Waals surface area contributed by atoms with Gasteiger partial charge in [-0.15, -0.1) is 0 Å². The normalized spacial score (nSPS) is 20.4. The minimum atomic E-state index is 0.00300. The van der Waals surface area contributed by atoms with E-state index < -0.39 is 0 Å². The number of anilines is 1. The summed E-state index contributed by atoms with van der Waals surface area (Å²) in [6.07, 6.45) is 3.83. The Kier molecular flexibility index (Phi) is 3.79. The van der Waals surface area contributed by atoms with Gasteiger partial charge in [0.05, 0.1) is 6.54 Å². The highest BCUT2D eigenvalue weighted by molar-refractivity contribution is 5.97. The SMILES string of the molecule is CC1CCCCN1c1ccc(C(=O)CN)cc1. The molecule has 1 aliphatic heterocycles. The predicted octanol–water partition coefficient (Wildman–Crippen LogP) is 2.21. The number of nitrogens with two attached hydrogens (primary N) is 1. The molecule has 0 aromatic heterocycles. The van der Waals surface area contributed by atoms with Crippen molar-refractivity contribution >= 4 is 11.5 Å². The molecule has 0 saturated carbocycles. The maximum Gasteiger partial charge on any atom is 0.176 e. The summed E-state index contributed by atoms with van der Waals surface area (Å²) in [6.45, 7) is 3.46. The second kappa shape index (κ2) is 5.32. The first-order valence-electron chi connectivity index (χ1n) is 6.32. The standard InChI is InChI=1S/C14H20N2O/c1-11-4-2-3-9-16(11)13-7-5-12(6-8-13)14(17)10-15/h5-8,11H,2-4,9-10,15H2,1H3. The number of nitrogens with zero attached hydrogens (tertiary/aromatic N) is 1. The molecule has 1 aromatic rings. The maximum atomic E-state index is 11.4. The van der Waals surface area contributed by atoms with Gasteiger partial charge in [-0.05, 0) is 50.5 Å². The van der Waals surface area contributed by atoms with Crippen LogP contribution in [-0.4, -0.2) is 24.9 Å². The summed E-state index contributed by atoms with van der Waals surface area (Å²) in [5.74, 6) is 0.00300. The van der Waals surface area contributed by atoms with Gasteiger partial charge in [0, 0.05) is 23.8 Å². The van der Waals surface area contributed by atoms with Gasteiger partial charge in [0.25, 0.3) is 0 Å². The van der Waals surface area contributed by atoms with Crippen LogP contribution in [0.15, 0.2) is 24.3 Å². The Balaban J connectivity index is 2.14. The second-order valence-electron chi connectivity index (χ2n) is 4.71. The Morgan fingerprint density at radius 3 is 2.65 bits per heavy atom. The molecule has 1 unspecified atom stereocenters. The van der Waals surface area contributed by atoms with Crippen molar-refractivity contribution in [1.29, 1.82) is 0 Å². The molecular formula is C14H20N2O. The van der Waals surface area contributed by atoms with Crippen molar-refractivity contribution in [3.63, 3.8) is 0 Å². The number of carbonyl (C=O) groups is 1. The van der Waals surface area contributed by atoms with Gasteiger partial charge in [0.15, 0.2) is 5.78 Å². The van der Waals surface area contributed by atoms with E-state index in [0.29, 0.717) is 11.6 Å². The van der Waals surface area contributed by atoms with Crippen LogP contribution >= 0.6 is 0 Å². The number of rotatable bonds is 3. The molecule has 0 amide bonds. The van der Waals surface area contributed by atoms with Crippen molar-refractivity contribution in [3.05, 3.63) is 29.8 Å². The minimum Gasteiger partial charge on any atom is -0.369 e. The van der Waals surface area contributed by atoms with Crippen LogP contribution < -0.4 is 10.6 Å². The second-order valence-corrected chi connectivity index (χ2v) is 4.71. The molecule has 17 heavy (non-hydrogen) atoms. The molecule has 1 aromatic carbocycles. The average Bonchev–Trinajstić information content (AvgIpc) is 2.39. The van der Waals surface area contributed by atoms with Crippen LogP contribution in [-0.2, 0) is 0 Å². The lowest BCUT2D eigenvalue weighted by atomic mass is 10.0. The Hall–Kier alpha value is -1.35. The first-order chi connectivity index (χ1) is 8.22. The summed E-state index contributed by atoms with van der Waals surface area (Å²) in [4.78, 5) is 13.8. The lowest BCUT2D eigenvalue weighted by Gasteiger charge is -2.35. The van der Waals surface area contributed by atoms with E-state index in [-0.39, 0.29) is 12.3 Å². The van der Waals surface area contributed by atoms with Gasteiger partial charge in [-0.2, -0.15) is 0 Å². The monoisotopic (exact) mass is 232 g/mol. The zero-order chi connectivity index (χ0) is 12.3. The smallest absolute Gasteiger partial charge is 0.176 e. The van der Waals surface area contributed by atoms with Gasteiger partial charge < -0.3 is 10.6 Å². The van der Waals surface area contributed by atoms with Crippen molar-refractivity contribution in [2.24, 2.45) is 5.73 Å². The molecule has 0 bridgehead atoms. The Morgan fingerprint density at radius 1 is 1.35 bits per heavy atom. The van der Waals surface area contributed by atoms with E-state index in [1.807, 2.05) is 24.3 Å². The number of ketones is 1. The van der Waals surface area contributed by atoms with Gasteiger partial charge in [-0.1, -0.05) is 0 Å². The van der Waals surface area contributed by atoms with Crippen LogP contribution in [0.2, 0.25) is 0 Å². The first kappa shape index (κ1) is 12.1. The first-order valence-corrected chi connectivity index (χ1v) is 6.32. The van der Waals surface area contributed by atoms with Crippen molar-refractivity contribution < 1.29 is 4.79 Å². The summed E-state index contributed by atoms with van der Waals surface area (Å²) in [5.41, 5.74) is 7.27. The fraction of sp³-hybridized carbons (Fsp3) is 0.500. The molecule has 3 heteroatoms. The molecule has 1 fully saturated rings. The zero-order valence-corrected chi connectivity index (χ0v) is 10.4. The number of hydrogen-bond donors (Lipinski definition) is 1. The summed E-state index contributed by atoms with van der Waals surface area (Å²) < 4.78 is 0. The third kappa shape index (κ3) is 2.67. The molecule has 2 rings (SSSR count). The third-order valence-corrected chi connectivity index (χ3v) is 3.51. The Morgan fingerprint density at radius 2 is 2.06 bits per heavy atom. The third-order valence-electron chi connectivity index (χ3n) is 3.51. The number of piperidine rings is 1. The lowest BCUT2D eigenvalue weighted by Crippen LogP contribution is -2.37. The Labute approximate surface area is 103 Å². The highest BCUT2D eigenvalue weighted by Crippen LogP contribution is 2.24. The summed E-state index contributed by atoms with van der Waals surface area (Å²) in [6, 6.07) is 8.42. The molecular weight excluding hydrogens is 212 g/mol. The van der Waals surface area contributed by atoms with Crippen LogP contribution in [0.3, 0.4) is 0 Å². The van der Waals surface area contributed by atoms with Crippen LogP contribution in [0.1, 0.15) is 36.5 Å². The number of benzene rings is 1. The van der Waals surface area contributed by atoms with Gasteiger partial charge in [0.2, 0.25) is 0 Å². The molecule has 2 N–H and O–H groups in total. The van der Waals surface area contributed by atoms with Crippen LogP contribution in [0, 0.1) is 0 Å². The summed E-state index contributed by atoms with van der Waals surface area (Å²) in [5, 5.41) is 0. The molecule has 1 heterocycles. The highest BCUT2D eigenvalue weighted by atomic mass is 16.1. The van der Waals surface area contributed by atoms with Crippen LogP contribution in [0.5, 0.6) is 0 Å². The molecule has 1 saturated heterocycles. The van der Waals surface area contributed by atoms with E-state index in [0.717, 1.165) is 6.54 Å². The van der Waals surface area contributed by atoms with Gasteiger partial charge in [-0.3, -0.25) is 4.79 Å². The number of carbonyl (C=O) groups excluding carboxylic acids is 1. The van der Waals surface area contributed by atoms with Crippen LogP contribution in [0.25, 0.3) is 0 Å². The molecule has 1 atom stereocenters. The predicted molar refractivity (Wildman–Crippen MR) is 70.5 cm³/mol. The number of Topliss-reactive ketones (excluding diaryl/α,β-unsaturated/α-hetero) is 1. The van der Waals surface area contributed by atoms with Gasteiger partial charge >= 0.3 is 0 Å². The average molecular weight is 232 g/mol. The zero-order valence-electron chi connectivity index (χ0n) is 10.4. The lowest BCUT2D eigenvalue weighted by molar-refractivity contribution is 0.100. The van der Waals surface area contributed by atoms with E-state index in [4.69, 9.17) is 5.73 Å². The van der Waals surface area contributed by atoms with Crippen molar-refractivity contribution in [2.45, 2.75) is 32.2 Å². The number of hydrogen-bond acceptors (Lipinski definition) is 3. The molecule has 92 valence electrons. The topological polar surface area (TPSA) is 46.3 Å². The molecule has 3 nitrogen and oxygen atoms in total. The molecule has 0 aliphatic carbocycles.